The van der Waals surface area contributed by atoms with Crippen LogP contribution in [0.5, 0.6) is 11.5 Å². The third-order valence-electron chi connectivity index (χ3n) is 6.86. The zero-order chi connectivity index (χ0) is 22.8. The molecule has 4 aromatic carbocycles. The van der Waals surface area contributed by atoms with Gasteiger partial charge in [-0.3, -0.25) is 0 Å². The molecule has 2 N–H and O–H groups in total. The molecule has 0 bridgehead atoms. The molecule has 1 aliphatic carbocycles. The van der Waals surface area contributed by atoms with Crippen LogP contribution in [-0.4, -0.2) is 10.2 Å². The summed E-state index contributed by atoms with van der Waals surface area (Å²) in [6.07, 6.45) is 0. The number of halogens is 1. The van der Waals surface area contributed by atoms with Gasteiger partial charge in [-0.1, -0.05) is 54.6 Å². The molecule has 2 nitrogen and oxygen atoms in total. The van der Waals surface area contributed by atoms with Crippen molar-refractivity contribution in [3.8, 4) is 22.6 Å². The number of rotatable bonds is 2. The van der Waals surface area contributed by atoms with Crippen LogP contribution >= 0.6 is 0 Å². The maximum atomic E-state index is 14.7. The third kappa shape index (κ3) is 2.64. The summed E-state index contributed by atoms with van der Waals surface area (Å²) in [6.45, 7) is 7.56. The van der Waals surface area contributed by atoms with E-state index in [-0.39, 0.29) is 17.3 Å². The maximum Gasteiger partial charge on any atom is 0.123 e. The SMILES string of the molecule is Cc1cc(C2(c3cc(C)c(O)c(C)c3)c3ccccc3-c3ccc(F)cc32)cc(C)c1O. The summed E-state index contributed by atoms with van der Waals surface area (Å²) in [4.78, 5) is 0. The summed E-state index contributed by atoms with van der Waals surface area (Å²) in [5, 5.41) is 21.0. The Bertz CT molecular complexity index is 1300. The van der Waals surface area contributed by atoms with Gasteiger partial charge in [-0.25, -0.2) is 4.39 Å². The van der Waals surface area contributed by atoms with Crippen molar-refractivity contribution < 1.29 is 14.6 Å². The lowest BCUT2D eigenvalue weighted by atomic mass is 9.66. The van der Waals surface area contributed by atoms with Crippen molar-refractivity contribution in [1.29, 1.82) is 0 Å². The molecule has 0 aliphatic heterocycles. The molecule has 0 atom stereocenters. The van der Waals surface area contributed by atoms with Crippen molar-refractivity contribution in [3.63, 3.8) is 0 Å². The summed E-state index contributed by atoms with van der Waals surface area (Å²) in [5.74, 6) is 0.251. The lowest BCUT2D eigenvalue weighted by Crippen LogP contribution is -2.29. The second-order valence-electron chi connectivity index (χ2n) is 8.90. The van der Waals surface area contributed by atoms with E-state index in [1.54, 1.807) is 6.07 Å². The van der Waals surface area contributed by atoms with Gasteiger partial charge in [0.25, 0.3) is 0 Å². The van der Waals surface area contributed by atoms with Crippen LogP contribution in [0.25, 0.3) is 11.1 Å². The first-order valence-electron chi connectivity index (χ1n) is 10.8. The van der Waals surface area contributed by atoms with Gasteiger partial charge in [0.05, 0.1) is 5.41 Å². The number of hydrogen-bond acceptors (Lipinski definition) is 2. The molecule has 32 heavy (non-hydrogen) atoms. The molecule has 0 unspecified atom stereocenters. The number of fused-ring (bicyclic) bond motifs is 3. The van der Waals surface area contributed by atoms with Crippen molar-refractivity contribution in [3.05, 3.63) is 117 Å². The van der Waals surface area contributed by atoms with E-state index < -0.39 is 5.41 Å². The molecule has 0 heterocycles. The topological polar surface area (TPSA) is 40.5 Å². The van der Waals surface area contributed by atoms with E-state index in [2.05, 4.69) is 12.1 Å². The van der Waals surface area contributed by atoms with Gasteiger partial charge in [0.2, 0.25) is 0 Å². The Balaban J connectivity index is 2.02. The Morgan fingerprint density at radius 3 is 1.59 bits per heavy atom. The van der Waals surface area contributed by atoms with Gasteiger partial charge < -0.3 is 10.2 Å². The van der Waals surface area contributed by atoms with Gasteiger partial charge in [-0.15, -0.1) is 0 Å². The molecule has 0 amide bonds. The largest absolute Gasteiger partial charge is 0.507 e. The van der Waals surface area contributed by atoms with Crippen LogP contribution < -0.4 is 0 Å². The molecule has 0 saturated heterocycles. The minimum absolute atomic E-state index is 0.271. The van der Waals surface area contributed by atoms with Crippen LogP contribution in [0.15, 0.2) is 66.7 Å². The summed E-state index contributed by atoms with van der Waals surface area (Å²) < 4.78 is 14.7. The minimum Gasteiger partial charge on any atom is -0.507 e. The Kier molecular flexibility index (Phi) is 4.42. The molecule has 0 spiro atoms. The van der Waals surface area contributed by atoms with Crippen LogP contribution in [0.4, 0.5) is 4.39 Å². The fourth-order valence-corrected chi connectivity index (χ4v) is 5.39. The fourth-order valence-electron chi connectivity index (χ4n) is 5.39. The van der Waals surface area contributed by atoms with Crippen LogP contribution in [0, 0.1) is 33.5 Å². The van der Waals surface area contributed by atoms with E-state index in [4.69, 9.17) is 0 Å². The van der Waals surface area contributed by atoms with Gasteiger partial charge in [0.1, 0.15) is 17.3 Å². The van der Waals surface area contributed by atoms with Gasteiger partial charge in [-0.2, -0.15) is 0 Å². The van der Waals surface area contributed by atoms with Crippen LogP contribution in [-0.2, 0) is 5.41 Å². The molecule has 160 valence electrons. The van der Waals surface area contributed by atoms with E-state index in [1.165, 1.54) is 6.07 Å². The van der Waals surface area contributed by atoms with Gasteiger partial charge in [0, 0.05) is 0 Å². The Morgan fingerprint density at radius 1 is 0.594 bits per heavy atom. The fraction of sp³-hybridized carbons (Fsp3) is 0.172. The summed E-state index contributed by atoms with van der Waals surface area (Å²) in [5.41, 5.74) is 8.23. The molecule has 3 heteroatoms. The summed E-state index contributed by atoms with van der Waals surface area (Å²) in [7, 11) is 0. The number of aromatic hydroxyl groups is 2. The molecule has 0 fully saturated rings. The van der Waals surface area contributed by atoms with Crippen molar-refractivity contribution in [2.75, 3.05) is 0 Å². The molecular weight excluding hydrogens is 399 g/mol. The second kappa shape index (κ2) is 6.96. The van der Waals surface area contributed by atoms with Crippen LogP contribution in [0.2, 0.25) is 0 Å². The average Bonchev–Trinajstić information content (AvgIpc) is 3.05. The highest BCUT2D eigenvalue weighted by molar-refractivity contribution is 5.86. The van der Waals surface area contributed by atoms with Gasteiger partial charge in [0.15, 0.2) is 0 Å². The Morgan fingerprint density at radius 2 is 1.06 bits per heavy atom. The van der Waals surface area contributed by atoms with Crippen LogP contribution in [0.3, 0.4) is 0 Å². The second-order valence-corrected chi connectivity index (χ2v) is 8.90. The smallest absolute Gasteiger partial charge is 0.123 e. The number of phenolic OH excluding ortho intramolecular Hbond substituents is 2. The van der Waals surface area contributed by atoms with E-state index in [9.17, 15) is 14.6 Å². The summed E-state index contributed by atoms with van der Waals surface area (Å²) in [6, 6.07) is 21.2. The molecule has 5 rings (SSSR count). The molecule has 0 aromatic heterocycles. The first kappa shape index (κ1) is 20.3. The quantitative estimate of drug-likeness (QED) is 0.326. The third-order valence-corrected chi connectivity index (χ3v) is 6.86. The van der Waals surface area contributed by atoms with Crippen molar-refractivity contribution in [2.24, 2.45) is 0 Å². The highest BCUT2D eigenvalue weighted by atomic mass is 19.1. The molecule has 4 aromatic rings. The number of hydrogen-bond donors (Lipinski definition) is 2. The predicted molar refractivity (Wildman–Crippen MR) is 126 cm³/mol. The highest BCUT2D eigenvalue weighted by Gasteiger charge is 2.47. The van der Waals surface area contributed by atoms with E-state index in [0.29, 0.717) is 0 Å². The predicted octanol–water partition coefficient (Wildman–Crippen LogP) is 6.83. The van der Waals surface area contributed by atoms with Crippen LogP contribution in [0.1, 0.15) is 44.5 Å². The first-order valence-corrected chi connectivity index (χ1v) is 10.8. The molecular formula is C29H25FO2. The first-order chi connectivity index (χ1) is 15.2. The standard InChI is InChI=1S/C29H25FO2/c1-16-11-20(12-17(2)27(16)31)29(21-13-18(3)28(32)19(4)14-21)25-8-6-5-7-23(25)24-10-9-22(30)15-26(24)29/h5-15,31-32H,1-4H3. The average molecular weight is 425 g/mol. The van der Waals surface area contributed by atoms with Gasteiger partial charge in [-0.05, 0) is 95.5 Å². The normalized spacial score (nSPS) is 13.7. The lowest BCUT2D eigenvalue weighted by molar-refractivity contribution is 0.466. The monoisotopic (exact) mass is 424 g/mol. The summed E-state index contributed by atoms with van der Waals surface area (Å²) >= 11 is 0. The van der Waals surface area contributed by atoms with Gasteiger partial charge >= 0.3 is 0 Å². The molecule has 0 saturated carbocycles. The zero-order valence-corrected chi connectivity index (χ0v) is 18.6. The van der Waals surface area contributed by atoms with E-state index >= 15 is 0 Å². The van der Waals surface area contributed by atoms with E-state index in [0.717, 1.165) is 55.6 Å². The highest BCUT2D eigenvalue weighted by Crippen LogP contribution is 2.57. The molecule has 1 aliphatic rings. The number of phenols is 2. The van der Waals surface area contributed by atoms with Crippen molar-refractivity contribution in [2.45, 2.75) is 33.1 Å². The Hall–Kier alpha value is -3.59. The Labute approximate surface area is 187 Å². The number of aryl methyl sites for hydroxylation is 4. The molecule has 0 radical (unpaired) electrons. The lowest BCUT2D eigenvalue weighted by Gasteiger charge is -2.35. The zero-order valence-electron chi connectivity index (χ0n) is 18.6. The van der Waals surface area contributed by atoms with E-state index in [1.807, 2.05) is 70.2 Å². The minimum atomic E-state index is -0.777. The van der Waals surface area contributed by atoms with Crippen molar-refractivity contribution >= 4 is 0 Å². The number of benzene rings is 4. The van der Waals surface area contributed by atoms with Crippen molar-refractivity contribution in [1.82, 2.24) is 0 Å². The maximum absolute atomic E-state index is 14.7.